The van der Waals surface area contributed by atoms with Crippen LogP contribution in [0.25, 0.3) is 0 Å². The van der Waals surface area contributed by atoms with E-state index < -0.39 is 0 Å². The van der Waals surface area contributed by atoms with Crippen LogP contribution in [-0.2, 0) is 9.59 Å². The molecule has 0 atom stereocenters. The van der Waals surface area contributed by atoms with E-state index in [2.05, 4.69) is 4.90 Å². The normalized spacial score (nSPS) is 21.9. The number of carbonyl (C=O) groups is 2. The van der Waals surface area contributed by atoms with Crippen molar-refractivity contribution in [2.45, 2.75) is 19.3 Å². The highest BCUT2D eigenvalue weighted by Gasteiger charge is 2.21. The molecular formula is C12H21N3O2. The van der Waals surface area contributed by atoms with Crippen molar-refractivity contribution in [1.29, 1.82) is 0 Å². The van der Waals surface area contributed by atoms with Crippen LogP contribution in [0.5, 0.6) is 0 Å². The lowest BCUT2D eigenvalue weighted by atomic mass is 10.3. The smallest absolute Gasteiger partial charge is 0.223 e. The third kappa shape index (κ3) is 3.43. The minimum absolute atomic E-state index is 0.238. The van der Waals surface area contributed by atoms with Crippen molar-refractivity contribution >= 4 is 12.3 Å². The van der Waals surface area contributed by atoms with Crippen molar-refractivity contribution < 1.29 is 9.59 Å². The number of carbonyl (C=O) groups excluding carboxylic acids is 2. The molecule has 2 fully saturated rings. The number of likely N-dealkylation sites (tertiary alicyclic amines) is 1. The second-order valence-electron chi connectivity index (χ2n) is 4.82. The van der Waals surface area contributed by atoms with Crippen molar-refractivity contribution in [3.05, 3.63) is 0 Å². The Morgan fingerprint density at radius 1 is 1.00 bits per heavy atom. The van der Waals surface area contributed by atoms with E-state index in [1.807, 2.05) is 4.90 Å². The zero-order chi connectivity index (χ0) is 12.1. The number of hydrogen-bond acceptors (Lipinski definition) is 3. The van der Waals surface area contributed by atoms with Crippen LogP contribution in [-0.4, -0.2) is 72.8 Å². The van der Waals surface area contributed by atoms with E-state index in [1.165, 1.54) is 12.8 Å². The minimum atomic E-state index is 0.238. The molecule has 0 N–H and O–H groups in total. The Hall–Kier alpha value is -1.10. The summed E-state index contributed by atoms with van der Waals surface area (Å²) in [5.74, 6) is 0.238. The van der Waals surface area contributed by atoms with Crippen molar-refractivity contribution in [2.75, 3.05) is 45.8 Å². The third-order valence-corrected chi connectivity index (χ3v) is 3.66. The summed E-state index contributed by atoms with van der Waals surface area (Å²) in [6, 6.07) is 0. The Labute approximate surface area is 102 Å². The van der Waals surface area contributed by atoms with Crippen LogP contribution in [0.3, 0.4) is 0 Å². The second-order valence-corrected chi connectivity index (χ2v) is 4.82. The van der Waals surface area contributed by atoms with Crippen molar-refractivity contribution in [3.63, 3.8) is 0 Å². The molecule has 2 rings (SSSR count). The number of nitrogens with zero attached hydrogens (tertiary/aromatic N) is 3. The van der Waals surface area contributed by atoms with E-state index in [9.17, 15) is 9.59 Å². The largest absolute Gasteiger partial charge is 0.342 e. The highest BCUT2D eigenvalue weighted by Crippen LogP contribution is 2.09. The maximum atomic E-state index is 11.9. The lowest BCUT2D eigenvalue weighted by Gasteiger charge is -2.32. The maximum absolute atomic E-state index is 11.9. The van der Waals surface area contributed by atoms with Crippen LogP contribution in [0.2, 0.25) is 0 Å². The van der Waals surface area contributed by atoms with Gasteiger partial charge in [0.1, 0.15) is 0 Å². The molecule has 2 heterocycles. The summed E-state index contributed by atoms with van der Waals surface area (Å²) in [4.78, 5) is 28.5. The Morgan fingerprint density at radius 2 is 1.65 bits per heavy atom. The first-order chi connectivity index (χ1) is 8.29. The molecule has 0 aliphatic carbocycles. The molecule has 96 valence electrons. The highest BCUT2D eigenvalue weighted by molar-refractivity contribution is 5.76. The summed E-state index contributed by atoms with van der Waals surface area (Å²) in [6.45, 7) is 5.93. The summed E-state index contributed by atoms with van der Waals surface area (Å²) in [7, 11) is 0. The average molecular weight is 239 g/mol. The Kier molecular flexibility index (Phi) is 4.36. The SMILES string of the molecule is O=CN1CCN(C(=O)CCN2CCCC2)CC1. The standard InChI is InChI=1S/C12H21N3O2/c16-11-14-7-9-15(10-8-14)12(17)3-6-13-4-1-2-5-13/h11H,1-10H2. The molecule has 2 amide bonds. The van der Waals surface area contributed by atoms with Crippen LogP contribution in [0, 0.1) is 0 Å². The summed E-state index contributed by atoms with van der Waals surface area (Å²) in [6.07, 6.45) is 4.03. The number of piperazine rings is 1. The van der Waals surface area contributed by atoms with E-state index in [0.29, 0.717) is 32.6 Å². The predicted octanol–water partition coefficient (Wildman–Crippen LogP) is -0.227. The lowest BCUT2D eigenvalue weighted by molar-refractivity contribution is -0.135. The third-order valence-electron chi connectivity index (χ3n) is 3.66. The van der Waals surface area contributed by atoms with Gasteiger partial charge in [0.05, 0.1) is 0 Å². The van der Waals surface area contributed by atoms with E-state index in [4.69, 9.17) is 0 Å². The van der Waals surface area contributed by atoms with Gasteiger partial charge in [0.15, 0.2) is 0 Å². The fraction of sp³-hybridized carbons (Fsp3) is 0.833. The van der Waals surface area contributed by atoms with Crippen LogP contribution in [0.1, 0.15) is 19.3 Å². The van der Waals surface area contributed by atoms with Crippen LogP contribution >= 0.6 is 0 Å². The first kappa shape index (κ1) is 12.4. The van der Waals surface area contributed by atoms with Crippen LogP contribution < -0.4 is 0 Å². The van der Waals surface area contributed by atoms with Gasteiger partial charge in [-0.05, 0) is 25.9 Å². The molecule has 0 unspecified atom stereocenters. The second kappa shape index (κ2) is 6.00. The quantitative estimate of drug-likeness (QED) is 0.637. The Balaban J connectivity index is 1.67. The molecule has 2 aliphatic heterocycles. The van der Waals surface area contributed by atoms with Crippen LogP contribution in [0.15, 0.2) is 0 Å². The minimum Gasteiger partial charge on any atom is -0.342 e. The van der Waals surface area contributed by atoms with E-state index in [0.717, 1.165) is 26.0 Å². The fourth-order valence-electron chi connectivity index (χ4n) is 2.49. The maximum Gasteiger partial charge on any atom is 0.223 e. The molecule has 0 aromatic heterocycles. The van der Waals surface area contributed by atoms with Gasteiger partial charge in [-0.25, -0.2) is 0 Å². The van der Waals surface area contributed by atoms with Gasteiger partial charge in [-0.3, -0.25) is 9.59 Å². The van der Waals surface area contributed by atoms with Gasteiger partial charge in [-0.2, -0.15) is 0 Å². The zero-order valence-electron chi connectivity index (χ0n) is 10.3. The van der Waals surface area contributed by atoms with Crippen molar-refractivity contribution in [1.82, 2.24) is 14.7 Å². The molecule has 2 saturated heterocycles. The molecular weight excluding hydrogens is 218 g/mol. The van der Waals surface area contributed by atoms with Gasteiger partial charge >= 0.3 is 0 Å². The molecule has 0 saturated carbocycles. The topological polar surface area (TPSA) is 43.9 Å². The Morgan fingerprint density at radius 3 is 2.24 bits per heavy atom. The predicted molar refractivity (Wildman–Crippen MR) is 64.5 cm³/mol. The molecule has 0 bridgehead atoms. The number of hydrogen-bond donors (Lipinski definition) is 0. The fourth-order valence-corrected chi connectivity index (χ4v) is 2.49. The molecule has 0 spiro atoms. The molecule has 0 radical (unpaired) electrons. The van der Waals surface area contributed by atoms with Gasteiger partial charge in [0.2, 0.25) is 12.3 Å². The number of rotatable bonds is 4. The first-order valence-electron chi connectivity index (χ1n) is 6.49. The summed E-state index contributed by atoms with van der Waals surface area (Å²) in [5.41, 5.74) is 0. The Bertz CT molecular complexity index is 269. The molecule has 5 nitrogen and oxygen atoms in total. The molecule has 5 heteroatoms. The van der Waals surface area contributed by atoms with Crippen LogP contribution in [0.4, 0.5) is 0 Å². The van der Waals surface area contributed by atoms with Gasteiger partial charge in [0.25, 0.3) is 0 Å². The first-order valence-corrected chi connectivity index (χ1v) is 6.49. The van der Waals surface area contributed by atoms with E-state index in [-0.39, 0.29) is 5.91 Å². The summed E-state index contributed by atoms with van der Waals surface area (Å²) >= 11 is 0. The van der Waals surface area contributed by atoms with E-state index >= 15 is 0 Å². The van der Waals surface area contributed by atoms with Gasteiger partial charge in [0, 0.05) is 39.1 Å². The van der Waals surface area contributed by atoms with Gasteiger partial charge in [-0.15, -0.1) is 0 Å². The van der Waals surface area contributed by atoms with Crippen molar-refractivity contribution in [3.8, 4) is 0 Å². The van der Waals surface area contributed by atoms with Gasteiger partial charge in [-0.1, -0.05) is 0 Å². The number of amides is 2. The molecule has 0 aromatic rings. The molecule has 17 heavy (non-hydrogen) atoms. The van der Waals surface area contributed by atoms with Crippen molar-refractivity contribution in [2.24, 2.45) is 0 Å². The monoisotopic (exact) mass is 239 g/mol. The molecule has 0 aromatic carbocycles. The summed E-state index contributed by atoms with van der Waals surface area (Å²) < 4.78 is 0. The summed E-state index contributed by atoms with van der Waals surface area (Å²) in [5, 5.41) is 0. The van der Waals surface area contributed by atoms with Gasteiger partial charge < -0.3 is 14.7 Å². The van der Waals surface area contributed by atoms with E-state index in [1.54, 1.807) is 4.90 Å². The lowest BCUT2D eigenvalue weighted by Crippen LogP contribution is -2.48. The molecule has 2 aliphatic rings. The zero-order valence-corrected chi connectivity index (χ0v) is 10.3. The highest BCUT2D eigenvalue weighted by atomic mass is 16.2. The average Bonchev–Trinajstić information content (AvgIpc) is 2.89.